The molecule has 0 saturated heterocycles. The number of carbonyl (C=O) groups is 1. The van der Waals surface area contributed by atoms with E-state index in [0.717, 1.165) is 18.4 Å². The van der Waals surface area contributed by atoms with Crippen molar-refractivity contribution in [2.75, 3.05) is 6.54 Å². The zero-order valence-corrected chi connectivity index (χ0v) is 10.6. The number of rotatable bonds is 4. The lowest BCUT2D eigenvalue weighted by Crippen LogP contribution is -2.40. The number of benzene rings is 1. The summed E-state index contributed by atoms with van der Waals surface area (Å²) in [5.74, 6) is -0.128. The molecule has 1 atom stereocenters. The van der Waals surface area contributed by atoms with Crippen LogP contribution in [0.3, 0.4) is 0 Å². The van der Waals surface area contributed by atoms with Gasteiger partial charge in [0.25, 0.3) is 0 Å². The Balaban J connectivity index is 2.13. The third-order valence-electron chi connectivity index (χ3n) is 3.29. The maximum Gasteiger partial charge on any atom is 0.224 e. The van der Waals surface area contributed by atoms with E-state index in [0.29, 0.717) is 11.6 Å². The fraction of sp³-hybridized carbons (Fsp3) is 0.462. The Hall–Kier alpha value is -1.06. The standard InChI is InChI=1S/C13H17ClN2O/c1-9(8-15)12(17)16-13(5-6-13)10-3-2-4-11(14)7-10/h2-4,7,9H,5-6,8,15H2,1H3,(H,16,17). The molecule has 1 aliphatic carbocycles. The normalized spacial score (nSPS) is 18.5. The predicted molar refractivity (Wildman–Crippen MR) is 68.7 cm³/mol. The number of amides is 1. The fourth-order valence-electron chi connectivity index (χ4n) is 1.86. The first-order chi connectivity index (χ1) is 8.07. The molecule has 17 heavy (non-hydrogen) atoms. The third kappa shape index (κ3) is 2.61. The van der Waals surface area contributed by atoms with E-state index in [1.165, 1.54) is 0 Å². The van der Waals surface area contributed by atoms with Crippen LogP contribution in [0.5, 0.6) is 0 Å². The van der Waals surface area contributed by atoms with Gasteiger partial charge in [-0.1, -0.05) is 30.7 Å². The van der Waals surface area contributed by atoms with Crippen molar-refractivity contribution in [3.63, 3.8) is 0 Å². The molecule has 1 fully saturated rings. The van der Waals surface area contributed by atoms with Crippen LogP contribution in [0.4, 0.5) is 0 Å². The summed E-state index contributed by atoms with van der Waals surface area (Å²) < 4.78 is 0. The highest BCUT2D eigenvalue weighted by molar-refractivity contribution is 6.30. The Morgan fingerprint density at radius 1 is 1.59 bits per heavy atom. The summed E-state index contributed by atoms with van der Waals surface area (Å²) in [5.41, 5.74) is 6.38. The molecule has 1 aromatic rings. The number of nitrogens with two attached hydrogens (primary N) is 1. The van der Waals surface area contributed by atoms with Gasteiger partial charge in [-0.3, -0.25) is 4.79 Å². The van der Waals surface area contributed by atoms with E-state index in [9.17, 15) is 4.79 Å². The van der Waals surface area contributed by atoms with Crippen LogP contribution >= 0.6 is 11.6 Å². The molecule has 0 radical (unpaired) electrons. The van der Waals surface area contributed by atoms with Crippen LogP contribution in [0.15, 0.2) is 24.3 Å². The number of hydrogen-bond acceptors (Lipinski definition) is 2. The molecule has 0 heterocycles. The van der Waals surface area contributed by atoms with Crippen LogP contribution in [0.2, 0.25) is 5.02 Å². The van der Waals surface area contributed by atoms with Crippen molar-refractivity contribution >= 4 is 17.5 Å². The molecule has 1 aliphatic rings. The lowest BCUT2D eigenvalue weighted by molar-refractivity contribution is -0.125. The first kappa shape index (κ1) is 12.4. The van der Waals surface area contributed by atoms with Crippen molar-refractivity contribution in [2.45, 2.75) is 25.3 Å². The van der Waals surface area contributed by atoms with E-state index in [2.05, 4.69) is 5.32 Å². The van der Waals surface area contributed by atoms with Crippen molar-refractivity contribution in [1.82, 2.24) is 5.32 Å². The fourth-order valence-corrected chi connectivity index (χ4v) is 2.05. The predicted octanol–water partition coefficient (Wildman–Crippen LogP) is 2.04. The van der Waals surface area contributed by atoms with Crippen molar-refractivity contribution in [1.29, 1.82) is 0 Å². The van der Waals surface area contributed by atoms with Gasteiger partial charge in [0.2, 0.25) is 5.91 Å². The van der Waals surface area contributed by atoms with Crippen LogP contribution in [0, 0.1) is 5.92 Å². The van der Waals surface area contributed by atoms with Crippen LogP contribution in [-0.2, 0) is 10.3 Å². The second kappa shape index (κ2) is 4.67. The summed E-state index contributed by atoms with van der Waals surface area (Å²) in [7, 11) is 0. The lowest BCUT2D eigenvalue weighted by Gasteiger charge is -2.20. The smallest absolute Gasteiger partial charge is 0.224 e. The van der Waals surface area contributed by atoms with Crippen LogP contribution in [-0.4, -0.2) is 12.5 Å². The highest BCUT2D eigenvalue weighted by Crippen LogP contribution is 2.46. The maximum absolute atomic E-state index is 11.9. The highest BCUT2D eigenvalue weighted by atomic mass is 35.5. The Morgan fingerprint density at radius 2 is 2.29 bits per heavy atom. The van der Waals surface area contributed by atoms with E-state index in [-0.39, 0.29) is 17.4 Å². The molecule has 92 valence electrons. The molecule has 1 unspecified atom stereocenters. The first-order valence-corrected chi connectivity index (χ1v) is 6.23. The summed E-state index contributed by atoms with van der Waals surface area (Å²) in [6, 6.07) is 7.68. The van der Waals surface area contributed by atoms with Gasteiger partial charge < -0.3 is 11.1 Å². The van der Waals surface area contributed by atoms with Gasteiger partial charge in [0.05, 0.1) is 5.54 Å². The quantitative estimate of drug-likeness (QED) is 0.862. The minimum absolute atomic E-state index is 0.0185. The molecule has 3 N–H and O–H groups in total. The summed E-state index contributed by atoms with van der Waals surface area (Å²) in [6.45, 7) is 2.21. The van der Waals surface area contributed by atoms with E-state index >= 15 is 0 Å². The van der Waals surface area contributed by atoms with E-state index in [4.69, 9.17) is 17.3 Å². The Labute approximate surface area is 106 Å². The largest absolute Gasteiger partial charge is 0.346 e. The van der Waals surface area contributed by atoms with Gasteiger partial charge in [-0.15, -0.1) is 0 Å². The molecule has 1 amide bonds. The first-order valence-electron chi connectivity index (χ1n) is 5.85. The summed E-state index contributed by atoms with van der Waals surface area (Å²) in [6.07, 6.45) is 1.94. The number of nitrogens with one attached hydrogen (secondary N) is 1. The molecule has 3 nitrogen and oxygen atoms in total. The molecule has 2 rings (SSSR count). The third-order valence-corrected chi connectivity index (χ3v) is 3.53. The zero-order valence-electron chi connectivity index (χ0n) is 9.87. The zero-order chi connectivity index (χ0) is 12.5. The van der Waals surface area contributed by atoms with Gasteiger partial charge >= 0.3 is 0 Å². The number of carbonyl (C=O) groups excluding carboxylic acids is 1. The van der Waals surface area contributed by atoms with Crippen LogP contribution < -0.4 is 11.1 Å². The number of halogens is 1. The lowest BCUT2D eigenvalue weighted by atomic mass is 10.0. The second-order valence-electron chi connectivity index (χ2n) is 4.72. The van der Waals surface area contributed by atoms with Crippen LogP contribution in [0.1, 0.15) is 25.3 Å². The Kier molecular flexibility index (Phi) is 3.40. The Bertz CT molecular complexity index is 429. The molecule has 1 aromatic carbocycles. The monoisotopic (exact) mass is 252 g/mol. The highest BCUT2D eigenvalue weighted by Gasteiger charge is 2.46. The average molecular weight is 253 g/mol. The molecule has 1 saturated carbocycles. The van der Waals surface area contributed by atoms with E-state index in [1.54, 1.807) is 0 Å². The molecule has 4 heteroatoms. The minimum Gasteiger partial charge on any atom is -0.346 e. The van der Waals surface area contributed by atoms with Crippen molar-refractivity contribution in [3.05, 3.63) is 34.9 Å². The van der Waals surface area contributed by atoms with Gasteiger partial charge in [-0.05, 0) is 30.5 Å². The summed E-state index contributed by atoms with van der Waals surface area (Å²) >= 11 is 5.97. The molecule has 0 spiro atoms. The molecule has 0 aromatic heterocycles. The molecule has 0 aliphatic heterocycles. The topological polar surface area (TPSA) is 55.1 Å². The van der Waals surface area contributed by atoms with E-state index in [1.807, 2.05) is 31.2 Å². The SMILES string of the molecule is CC(CN)C(=O)NC1(c2cccc(Cl)c2)CC1. The second-order valence-corrected chi connectivity index (χ2v) is 5.15. The van der Waals surface area contributed by atoms with Gasteiger partial charge in [0.1, 0.15) is 0 Å². The summed E-state index contributed by atoms with van der Waals surface area (Å²) in [5, 5.41) is 3.79. The minimum atomic E-state index is -0.203. The van der Waals surface area contributed by atoms with Gasteiger partial charge in [0, 0.05) is 17.5 Å². The van der Waals surface area contributed by atoms with Crippen molar-refractivity contribution in [2.24, 2.45) is 11.7 Å². The molecular formula is C13H17ClN2O. The van der Waals surface area contributed by atoms with Crippen molar-refractivity contribution in [3.8, 4) is 0 Å². The molecular weight excluding hydrogens is 236 g/mol. The molecule has 0 bridgehead atoms. The maximum atomic E-state index is 11.9. The average Bonchev–Trinajstić information content (AvgIpc) is 3.09. The Morgan fingerprint density at radius 3 is 2.82 bits per heavy atom. The van der Waals surface area contributed by atoms with Crippen molar-refractivity contribution < 1.29 is 4.79 Å². The van der Waals surface area contributed by atoms with Gasteiger partial charge in [-0.25, -0.2) is 0 Å². The van der Waals surface area contributed by atoms with Gasteiger partial charge in [-0.2, -0.15) is 0 Å². The summed E-state index contributed by atoms with van der Waals surface area (Å²) in [4.78, 5) is 11.9. The van der Waals surface area contributed by atoms with E-state index < -0.39 is 0 Å². The van der Waals surface area contributed by atoms with Gasteiger partial charge in [0.15, 0.2) is 0 Å². The van der Waals surface area contributed by atoms with Crippen LogP contribution in [0.25, 0.3) is 0 Å². The number of hydrogen-bond donors (Lipinski definition) is 2.